The van der Waals surface area contributed by atoms with E-state index in [9.17, 15) is 4.79 Å². The number of urea groups is 1. The first-order chi connectivity index (χ1) is 11.2. The van der Waals surface area contributed by atoms with Crippen molar-refractivity contribution in [2.75, 3.05) is 13.1 Å². The summed E-state index contributed by atoms with van der Waals surface area (Å²) in [7, 11) is 0. The van der Waals surface area contributed by atoms with Crippen LogP contribution < -0.4 is 5.32 Å². The Labute approximate surface area is 141 Å². The molecule has 2 amide bonds. The zero-order valence-corrected chi connectivity index (χ0v) is 14.5. The second kappa shape index (κ2) is 7.13. The van der Waals surface area contributed by atoms with Gasteiger partial charge in [-0.15, -0.1) is 11.3 Å². The maximum atomic E-state index is 12.3. The zero-order chi connectivity index (χ0) is 16.2. The predicted octanol–water partition coefficient (Wildman–Crippen LogP) is 3.79. The van der Waals surface area contributed by atoms with Gasteiger partial charge < -0.3 is 10.2 Å². The van der Waals surface area contributed by atoms with E-state index in [4.69, 9.17) is 0 Å². The molecular weight excluding hydrogens is 306 g/mol. The van der Waals surface area contributed by atoms with E-state index in [2.05, 4.69) is 48.4 Å². The number of carbonyl (C=O) groups excluding carboxylic acids is 1. The lowest BCUT2D eigenvalue weighted by molar-refractivity contribution is 0.118. The first-order valence-corrected chi connectivity index (χ1v) is 9.04. The third-order valence-electron chi connectivity index (χ3n) is 4.31. The number of nitrogens with one attached hydrogen (secondary N) is 1. The molecule has 0 saturated carbocycles. The van der Waals surface area contributed by atoms with Crippen molar-refractivity contribution < 1.29 is 4.79 Å². The smallest absolute Gasteiger partial charge is 0.317 e. The van der Waals surface area contributed by atoms with E-state index in [1.807, 2.05) is 10.3 Å². The quantitative estimate of drug-likeness (QED) is 0.907. The molecule has 122 valence electrons. The van der Waals surface area contributed by atoms with Gasteiger partial charge >= 0.3 is 6.03 Å². The van der Waals surface area contributed by atoms with E-state index in [1.54, 1.807) is 17.5 Å². The molecule has 0 bridgehead atoms. The molecule has 2 heterocycles. The average molecular weight is 329 g/mol. The molecule has 3 rings (SSSR count). The highest BCUT2D eigenvalue weighted by Crippen LogP contribution is 2.23. The maximum Gasteiger partial charge on any atom is 0.317 e. The molecule has 0 radical (unpaired) electrons. The lowest BCUT2D eigenvalue weighted by Crippen LogP contribution is -2.54. The van der Waals surface area contributed by atoms with E-state index >= 15 is 0 Å². The molecule has 1 aromatic heterocycles. The SMILES string of the molecule is CCC(NC(=O)N1CC(Cc2cccc(C)c2)C1)c1nccs1. The number of nitrogens with zero attached hydrogens (tertiary/aromatic N) is 2. The normalized spacial score (nSPS) is 16.0. The molecule has 0 spiro atoms. The van der Waals surface area contributed by atoms with Crippen LogP contribution in [0.2, 0.25) is 0 Å². The molecule has 0 aliphatic carbocycles. The highest BCUT2D eigenvalue weighted by atomic mass is 32.1. The topological polar surface area (TPSA) is 45.2 Å². The number of thiazole rings is 1. The summed E-state index contributed by atoms with van der Waals surface area (Å²) in [5.74, 6) is 0.572. The molecule has 1 N–H and O–H groups in total. The Kier molecular flexibility index (Phi) is 4.96. The molecule has 1 aliphatic rings. The number of benzene rings is 1. The van der Waals surface area contributed by atoms with Gasteiger partial charge in [-0.1, -0.05) is 36.8 Å². The van der Waals surface area contributed by atoms with Crippen LogP contribution in [0, 0.1) is 12.8 Å². The molecule has 23 heavy (non-hydrogen) atoms. The summed E-state index contributed by atoms with van der Waals surface area (Å²) in [5, 5.41) is 6.03. The third-order valence-corrected chi connectivity index (χ3v) is 5.20. The van der Waals surface area contributed by atoms with Crippen LogP contribution in [0.25, 0.3) is 0 Å². The summed E-state index contributed by atoms with van der Waals surface area (Å²) in [6.45, 7) is 5.87. The van der Waals surface area contributed by atoms with Crippen molar-refractivity contribution in [1.29, 1.82) is 0 Å². The molecule has 1 saturated heterocycles. The zero-order valence-electron chi connectivity index (χ0n) is 13.7. The third kappa shape index (κ3) is 3.91. The number of hydrogen-bond acceptors (Lipinski definition) is 3. The fourth-order valence-electron chi connectivity index (χ4n) is 3.02. The van der Waals surface area contributed by atoms with Crippen LogP contribution >= 0.6 is 11.3 Å². The van der Waals surface area contributed by atoms with Gasteiger partial charge in [0.15, 0.2) is 0 Å². The maximum absolute atomic E-state index is 12.3. The number of amides is 2. The Morgan fingerprint density at radius 2 is 2.30 bits per heavy atom. The summed E-state index contributed by atoms with van der Waals surface area (Å²) < 4.78 is 0. The first kappa shape index (κ1) is 16.0. The molecule has 4 nitrogen and oxygen atoms in total. The van der Waals surface area contributed by atoms with Crippen molar-refractivity contribution >= 4 is 17.4 Å². The minimum atomic E-state index is 0.0262. The number of likely N-dealkylation sites (tertiary alicyclic amines) is 1. The van der Waals surface area contributed by atoms with Crippen molar-refractivity contribution in [3.8, 4) is 0 Å². The van der Waals surface area contributed by atoms with Crippen molar-refractivity contribution in [3.05, 3.63) is 52.0 Å². The average Bonchev–Trinajstić information content (AvgIpc) is 3.02. The second-order valence-corrected chi connectivity index (χ2v) is 7.17. The fourth-order valence-corrected chi connectivity index (χ4v) is 3.80. The number of aryl methyl sites for hydroxylation is 1. The predicted molar refractivity (Wildman–Crippen MR) is 93.6 cm³/mol. The summed E-state index contributed by atoms with van der Waals surface area (Å²) in [5.41, 5.74) is 2.66. The van der Waals surface area contributed by atoms with Gasteiger partial charge in [0.2, 0.25) is 0 Å². The summed E-state index contributed by atoms with van der Waals surface area (Å²) >= 11 is 1.59. The first-order valence-electron chi connectivity index (χ1n) is 8.16. The van der Waals surface area contributed by atoms with Crippen molar-refractivity contribution in [2.45, 2.75) is 32.7 Å². The molecule has 1 aliphatic heterocycles. The van der Waals surface area contributed by atoms with Gasteiger partial charge in [-0.2, -0.15) is 0 Å². The summed E-state index contributed by atoms with van der Waals surface area (Å²) in [6, 6.07) is 8.69. The van der Waals surface area contributed by atoms with Gasteiger partial charge in [0.25, 0.3) is 0 Å². The van der Waals surface area contributed by atoms with Crippen LogP contribution in [-0.2, 0) is 6.42 Å². The Hall–Kier alpha value is -1.88. The van der Waals surface area contributed by atoms with Crippen LogP contribution in [0.3, 0.4) is 0 Å². The van der Waals surface area contributed by atoms with E-state index in [0.29, 0.717) is 5.92 Å². The highest BCUT2D eigenvalue weighted by Gasteiger charge is 2.31. The van der Waals surface area contributed by atoms with Gasteiger partial charge in [-0.25, -0.2) is 9.78 Å². The van der Waals surface area contributed by atoms with Crippen LogP contribution in [0.4, 0.5) is 4.79 Å². The van der Waals surface area contributed by atoms with Crippen molar-refractivity contribution in [1.82, 2.24) is 15.2 Å². The number of rotatable bonds is 5. The monoisotopic (exact) mass is 329 g/mol. The molecule has 2 aromatic rings. The summed E-state index contributed by atoms with van der Waals surface area (Å²) in [6.07, 6.45) is 3.70. The van der Waals surface area contributed by atoms with E-state index in [-0.39, 0.29) is 12.1 Å². The second-order valence-electron chi connectivity index (χ2n) is 6.24. The van der Waals surface area contributed by atoms with Gasteiger partial charge in [-0.3, -0.25) is 0 Å². The van der Waals surface area contributed by atoms with Gasteiger partial charge in [0.05, 0.1) is 6.04 Å². The molecule has 1 atom stereocenters. The van der Waals surface area contributed by atoms with E-state index in [1.165, 1.54) is 11.1 Å². The molecular formula is C18H23N3OS. The molecule has 1 fully saturated rings. The number of aromatic nitrogens is 1. The van der Waals surface area contributed by atoms with Gasteiger partial charge in [0.1, 0.15) is 5.01 Å². The Morgan fingerprint density at radius 1 is 1.48 bits per heavy atom. The molecule has 5 heteroatoms. The number of hydrogen-bond donors (Lipinski definition) is 1. The van der Waals surface area contributed by atoms with Gasteiger partial charge in [0, 0.05) is 24.7 Å². The van der Waals surface area contributed by atoms with Crippen molar-refractivity contribution in [3.63, 3.8) is 0 Å². The Morgan fingerprint density at radius 3 is 2.96 bits per heavy atom. The fraction of sp³-hybridized carbons (Fsp3) is 0.444. The number of carbonyl (C=O) groups is 1. The van der Waals surface area contributed by atoms with Crippen molar-refractivity contribution in [2.24, 2.45) is 5.92 Å². The largest absolute Gasteiger partial charge is 0.329 e. The van der Waals surface area contributed by atoms with Gasteiger partial charge in [-0.05, 0) is 31.2 Å². The lowest BCUT2D eigenvalue weighted by atomic mass is 9.92. The minimum absolute atomic E-state index is 0.0262. The minimum Gasteiger partial charge on any atom is -0.329 e. The van der Waals surface area contributed by atoms with Crippen LogP contribution in [0.1, 0.15) is 35.5 Å². The van der Waals surface area contributed by atoms with Crippen LogP contribution in [0.5, 0.6) is 0 Å². The van der Waals surface area contributed by atoms with Crippen LogP contribution in [-0.4, -0.2) is 29.0 Å². The van der Waals surface area contributed by atoms with E-state index in [0.717, 1.165) is 30.9 Å². The molecule has 1 aromatic carbocycles. The summed E-state index contributed by atoms with van der Waals surface area (Å²) in [4.78, 5) is 18.5. The Bertz CT molecular complexity index is 650. The lowest BCUT2D eigenvalue weighted by Gasteiger charge is -2.40. The molecule has 1 unspecified atom stereocenters. The highest BCUT2D eigenvalue weighted by molar-refractivity contribution is 7.09. The van der Waals surface area contributed by atoms with Crippen LogP contribution in [0.15, 0.2) is 35.8 Å². The standard InChI is InChI=1S/C18H23N3OS/c1-3-16(17-19-7-8-23-17)20-18(22)21-11-15(12-21)10-14-6-4-5-13(2)9-14/h4-9,15-16H,3,10-12H2,1-2H3,(H,20,22). The van der Waals surface area contributed by atoms with E-state index < -0.39 is 0 Å². The Balaban J connectivity index is 1.48.